The second-order valence-corrected chi connectivity index (χ2v) is 12.2. The molecule has 0 aliphatic carbocycles. The number of halogens is 1. The minimum atomic E-state index is -1.42. The number of ether oxygens (including phenoxy) is 1. The van der Waals surface area contributed by atoms with Crippen LogP contribution < -0.4 is 26.0 Å². The molecule has 0 radical (unpaired) electrons. The van der Waals surface area contributed by atoms with E-state index in [1.807, 2.05) is 36.6 Å². The first-order chi connectivity index (χ1) is 22.1. The number of aryl methyl sites for hydroxylation is 1. The minimum Gasteiger partial charge on any atom is -0.493 e. The number of nitrogens with zero attached hydrogens (tertiary/aromatic N) is 3. The van der Waals surface area contributed by atoms with Gasteiger partial charge >= 0.3 is 0 Å². The van der Waals surface area contributed by atoms with Gasteiger partial charge in [0, 0.05) is 24.4 Å². The first-order valence-corrected chi connectivity index (χ1v) is 16.6. The molecule has 3 aromatic rings. The summed E-state index contributed by atoms with van der Waals surface area (Å²) in [6.07, 6.45) is 3.15. The first-order valence-electron chi connectivity index (χ1n) is 14.9. The maximum atomic E-state index is 13.5. The highest BCUT2D eigenvalue weighted by Gasteiger charge is 2.33. The highest BCUT2D eigenvalue weighted by atomic mass is 35.5. The van der Waals surface area contributed by atoms with E-state index in [1.165, 1.54) is 30.8 Å². The second kappa shape index (κ2) is 17.0. The van der Waals surface area contributed by atoms with Crippen molar-refractivity contribution in [1.29, 1.82) is 0 Å². The molecule has 2 aromatic carbocycles. The normalized spacial score (nSPS) is 20.9. The zero-order valence-corrected chi connectivity index (χ0v) is 27.1. The van der Waals surface area contributed by atoms with Crippen LogP contribution in [0.3, 0.4) is 0 Å². The van der Waals surface area contributed by atoms with E-state index in [-0.39, 0.29) is 37.3 Å². The molecule has 4 rings (SSSR count). The van der Waals surface area contributed by atoms with Crippen LogP contribution in [0.15, 0.2) is 54.7 Å². The molecular weight excluding hydrogens is 634 g/mol. The zero-order valence-electron chi connectivity index (χ0n) is 25.6. The average Bonchev–Trinajstić information content (AvgIpc) is 3.49. The summed E-state index contributed by atoms with van der Waals surface area (Å²) in [6.45, 7) is 2.10. The van der Waals surface area contributed by atoms with Crippen LogP contribution in [-0.2, 0) is 33.9 Å². The molecule has 246 valence electrons. The lowest BCUT2D eigenvalue weighted by atomic mass is 10.0. The summed E-state index contributed by atoms with van der Waals surface area (Å²) in [5.41, 5.74) is 1.48. The number of carbonyl (C=O) groups is 4. The van der Waals surface area contributed by atoms with Crippen molar-refractivity contribution in [2.24, 2.45) is 0 Å². The number of aliphatic hydroxyl groups is 1. The van der Waals surface area contributed by atoms with Gasteiger partial charge in [0.15, 0.2) is 0 Å². The fourth-order valence-electron chi connectivity index (χ4n) is 4.76. The minimum absolute atomic E-state index is 0.0594. The predicted octanol–water partition coefficient (Wildman–Crippen LogP) is 1.48. The Kier molecular flexibility index (Phi) is 12.8. The summed E-state index contributed by atoms with van der Waals surface area (Å²) >= 11 is 7.68. The smallest absolute Gasteiger partial charge is 0.255 e. The van der Waals surface area contributed by atoms with Gasteiger partial charge in [-0.1, -0.05) is 47.1 Å². The summed E-state index contributed by atoms with van der Waals surface area (Å²) in [4.78, 5) is 53.9. The van der Waals surface area contributed by atoms with Gasteiger partial charge in [-0.25, -0.2) is 0 Å². The zero-order chi connectivity index (χ0) is 33.1. The van der Waals surface area contributed by atoms with Crippen molar-refractivity contribution < 1.29 is 29.0 Å². The van der Waals surface area contributed by atoms with Gasteiger partial charge in [-0.3, -0.25) is 23.9 Å². The average molecular weight is 672 g/mol. The number of aromatic nitrogens is 3. The Labute approximate surface area is 276 Å². The Bertz CT molecular complexity index is 1510. The third kappa shape index (κ3) is 9.93. The summed E-state index contributed by atoms with van der Waals surface area (Å²) in [5, 5.41) is 30.0. The molecule has 0 saturated heterocycles. The molecule has 2 bridgehead atoms. The van der Waals surface area contributed by atoms with Crippen LogP contribution in [0.25, 0.3) is 0 Å². The molecule has 4 atom stereocenters. The molecule has 15 heteroatoms. The number of nitrogens with one attached hydrogen (secondary N) is 4. The highest BCUT2D eigenvalue weighted by Crippen LogP contribution is 2.24. The molecule has 1 aliphatic rings. The summed E-state index contributed by atoms with van der Waals surface area (Å²) in [6, 6.07) is 10.2. The third-order valence-electron chi connectivity index (χ3n) is 7.22. The third-order valence-corrected chi connectivity index (χ3v) is 8.10. The number of aliphatic hydroxyl groups excluding tert-OH is 1. The molecular formula is C31H38ClN7O6S. The van der Waals surface area contributed by atoms with E-state index < -0.39 is 47.9 Å². The Morgan fingerprint density at radius 1 is 1.04 bits per heavy atom. The number of thioether (sulfide) groups is 1. The van der Waals surface area contributed by atoms with Crippen molar-refractivity contribution in [3.8, 4) is 5.75 Å². The molecule has 0 saturated carbocycles. The number of benzene rings is 2. The van der Waals surface area contributed by atoms with Gasteiger partial charge in [0.1, 0.15) is 29.6 Å². The van der Waals surface area contributed by atoms with Gasteiger partial charge in [0.05, 0.1) is 31.0 Å². The quantitative estimate of drug-likeness (QED) is 0.260. The van der Waals surface area contributed by atoms with Crippen LogP contribution in [-0.4, -0.2) is 86.6 Å². The molecule has 46 heavy (non-hydrogen) atoms. The Morgan fingerprint density at radius 3 is 2.57 bits per heavy atom. The van der Waals surface area contributed by atoms with Crippen molar-refractivity contribution in [2.45, 2.75) is 63.5 Å². The standard InChI is InChI=1S/C31H38ClN7O6S/c1-19(40)27-31(44)35-25(15-20-7-4-3-5-8-20)29(42)33-17-22-18-39(38-37-22)12-6-13-45-26-16-21(32)9-10-23(26)28(41)34-24(11-14-46-2)30(43)36-27/h3-5,7-10,16,18-19,24-25,27,40H,6,11-15,17H2,1-2H3,(H,33,42)(H,34,41)(H,35,44)(H,36,43)/t19-,24+,25-,27+/m1/s1. The summed E-state index contributed by atoms with van der Waals surface area (Å²) in [7, 11) is 0. The number of carbonyl (C=O) groups excluding carboxylic acids is 4. The van der Waals surface area contributed by atoms with Gasteiger partial charge in [0.2, 0.25) is 17.7 Å². The van der Waals surface area contributed by atoms with Gasteiger partial charge in [-0.15, -0.1) is 5.10 Å². The van der Waals surface area contributed by atoms with Crippen molar-refractivity contribution >= 4 is 47.0 Å². The van der Waals surface area contributed by atoms with Gasteiger partial charge in [-0.2, -0.15) is 11.8 Å². The van der Waals surface area contributed by atoms with Crippen LogP contribution in [0.4, 0.5) is 0 Å². The largest absolute Gasteiger partial charge is 0.493 e. The number of hydrogen-bond acceptors (Lipinski definition) is 9. The van der Waals surface area contributed by atoms with Crippen LogP contribution in [0.2, 0.25) is 5.02 Å². The monoisotopic (exact) mass is 671 g/mol. The van der Waals surface area contributed by atoms with E-state index >= 15 is 0 Å². The number of fused-ring (bicyclic) bond motifs is 3. The van der Waals surface area contributed by atoms with Gasteiger partial charge in [0.25, 0.3) is 5.91 Å². The number of rotatable bonds is 6. The molecule has 1 aliphatic heterocycles. The maximum Gasteiger partial charge on any atom is 0.255 e. The fraction of sp³-hybridized carbons (Fsp3) is 0.419. The highest BCUT2D eigenvalue weighted by molar-refractivity contribution is 7.98. The summed E-state index contributed by atoms with van der Waals surface area (Å²) < 4.78 is 7.53. The molecule has 0 fully saturated rings. The first kappa shape index (κ1) is 34.7. The van der Waals surface area contributed by atoms with E-state index in [0.717, 1.165) is 5.56 Å². The Balaban J connectivity index is 1.64. The molecule has 2 heterocycles. The van der Waals surface area contributed by atoms with E-state index in [2.05, 4.69) is 31.6 Å². The maximum absolute atomic E-state index is 13.5. The van der Waals surface area contributed by atoms with Crippen molar-refractivity contribution in [3.63, 3.8) is 0 Å². The molecule has 0 spiro atoms. The van der Waals surface area contributed by atoms with Crippen LogP contribution >= 0.6 is 23.4 Å². The van der Waals surface area contributed by atoms with E-state index in [4.69, 9.17) is 16.3 Å². The van der Waals surface area contributed by atoms with E-state index in [1.54, 1.807) is 16.9 Å². The van der Waals surface area contributed by atoms with Gasteiger partial charge < -0.3 is 31.1 Å². The Morgan fingerprint density at radius 2 is 1.83 bits per heavy atom. The molecule has 13 nitrogen and oxygen atoms in total. The summed E-state index contributed by atoms with van der Waals surface area (Å²) in [5.74, 6) is -1.72. The number of amides is 4. The van der Waals surface area contributed by atoms with E-state index in [0.29, 0.717) is 29.4 Å². The van der Waals surface area contributed by atoms with Crippen molar-refractivity contribution in [3.05, 3.63) is 76.6 Å². The van der Waals surface area contributed by atoms with Gasteiger partial charge in [-0.05, 0) is 49.1 Å². The second-order valence-electron chi connectivity index (χ2n) is 10.8. The fourth-order valence-corrected chi connectivity index (χ4v) is 5.40. The van der Waals surface area contributed by atoms with Crippen LogP contribution in [0.1, 0.15) is 41.4 Å². The lowest BCUT2D eigenvalue weighted by molar-refractivity contribution is -0.134. The van der Waals surface area contributed by atoms with E-state index in [9.17, 15) is 24.3 Å². The molecule has 0 unspecified atom stereocenters. The topological polar surface area (TPSA) is 177 Å². The van der Waals surface area contributed by atoms with Crippen LogP contribution in [0.5, 0.6) is 5.75 Å². The SMILES string of the molecule is CSCC[C@@H]1NC(=O)c2ccc(Cl)cc2OCCCn2cc(nn2)CNC(=O)[C@@H](Cc2ccccc2)NC(=O)[C@H]([C@@H](C)O)NC1=O. The Hall–Kier alpha value is -4.14. The van der Waals surface area contributed by atoms with Crippen molar-refractivity contribution in [2.75, 3.05) is 18.6 Å². The van der Waals surface area contributed by atoms with Crippen molar-refractivity contribution in [1.82, 2.24) is 36.3 Å². The number of hydrogen-bond donors (Lipinski definition) is 5. The molecule has 5 N–H and O–H groups in total. The molecule has 4 amide bonds. The lowest BCUT2D eigenvalue weighted by Crippen LogP contribution is -2.60. The lowest BCUT2D eigenvalue weighted by Gasteiger charge is -2.27. The van der Waals surface area contributed by atoms with Crippen LogP contribution in [0, 0.1) is 0 Å². The predicted molar refractivity (Wildman–Crippen MR) is 173 cm³/mol. The molecule has 1 aromatic heterocycles.